The number of nitrogens with one attached hydrogen (secondary N) is 1. The fraction of sp³-hybridized carbons (Fsp3) is 0.240. The molecule has 0 saturated carbocycles. The highest BCUT2D eigenvalue weighted by Crippen LogP contribution is 2.41. The van der Waals surface area contributed by atoms with Crippen LogP contribution in [0.3, 0.4) is 0 Å². The number of nitrogens with zero attached hydrogens (tertiary/aromatic N) is 3. The Kier molecular flexibility index (Phi) is 5.45. The Morgan fingerprint density at radius 3 is 2.59 bits per heavy atom. The average Bonchev–Trinajstić information content (AvgIpc) is 3.37. The molecule has 1 aliphatic rings. The molecule has 4 aromatic rings. The van der Waals surface area contributed by atoms with Crippen LogP contribution >= 0.6 is 0 Å². The minimum atomic E-state index is -3.37. The van der Waals surface area contributed by atoms with Crippen molar-refractivity contribution in [1.29, 1.82) is 0 Å². The number of sulfone groups is 1. The second-order valence-corrected chi connectivity index (χ2v) is 11.0. The van der Waals surface area contributed by atoms with Gasteiger partial charge in [-0.15, -0.1) is 0 Å². The van der Waals surface area contributed by atoms with Crippen molar-refractivity contribution in [3.8, 4) is 11.3 Å². The first kappa shape index (κ1) is 22.2. The number of H-pyrrole nitrogens is 1. The van der Waals surface area contributed by atoms with Crippen molar-refractivity contribution in [2.45, 2.75) is 36.5 Å². The number of fused-ring (bicyclic) bond motifs is 2. The normalized spacial score (nSPS) is 15.9. The van der Waals surface area contributed by atoms with E-state index >= 15 is 0 Å². The number of aliphatic hydroxyl groups excluding tert-OH is 1. The third-order valence-electron chi connectivity index (χ3n) is 6.20. The van der Waals surface area contributed by atoms with E-state index in [1.165, 1.54) is 0 Å². The van der Waals surface area contributed by atoms with Gasteiger partial charge in [-0.05, 0) is 44.0 Å². The smallest absolute Gasteiger partial charge is 0.259 e. The number of carbonyl (C=O) groups excluding carboxylic acids is 1. The number of aliphatic hydroxyl groups is 1. The van der Waals surface area contributed by atoms with E-state index in [9.17, 15) is 18.3 Å². The van der Waals surface area contributed by atoms with Crippen molar-refractivity contribution in [2.75, 3.05) is 11.5 Å². The highest BCUT2D eigenvalue weighted by Gasteiger charge is 2.38. The largest absolute Gasteiger partial charge is 0.396 e. The van der Waals surface area contributed by atoms with Crippen LogP contribution in [-0.2, 0) is 9.84 Å². The van der Waals surface area contributed by atoms with Gasteiger partial charge in [0.05, 0.1) is 33.8 Å². The standard InChI is InChI=1S/C25H24N4O4S.2H2/c1-15(2)34(32,33)17-9-7-16(8-10-17)20-13-26-24-23(28-20)22(14-27-24)29-21(11-12-30)18-5-3-4-6-19(18)25(29)31;;/h3-10,13-15,21,30H,11-12H2,1-2H3,(H,26,27);2*1H. The number of amides is 1. The number of aromatic nitrogens is 3. The number of benzene rings is 2. The molecule has 2 N–H and O–H groups in total. The van der Waals surface area contributed by atoms with E-state index in [4.69, 9.17) is 4.98 Å². The van der Waals surface area contributed by atoms with Crippen LogP contribution in [-0.4, -0.2) is 46.2 Å². The Balaban J connectivity index is 0.00000180. The predicted molar refractivity (Wildman–Crippen MR) is 134 cm³/mol. The van der Waals surface area contributed by atoms with Gasteiger partial charge in [0.1, 0.15) is 5.52 Å². The molecule has 2 aromatic carbocycles. The van der Waals surface area contributed by atoms with Gasteiger partial charge < -0.3 is 10.1 Å². The maximum atomic E-state index is 13.3. The summed E-state index contributed by atoms with van der Waals surface area (Å²) in [5, 5.41) is 9.15. The summed E-state index contributed by atoms with van der Waals surface area (Å²) in [6.07, 6.45) is 3.72. The summed E-state index contributed by atoms with van der Waals surface area (Å²) in [5.41, 5.74) is 4.41. The Morgan fingerprint density at radius 2 is 1.88 bits per heavy atom. The van der Waals surface area contributed by atoms with Crippen LogP contribution in [0.5, 0.6) is 0 Å². The molecule has 0 saturated heterocycles. The molecular weight excluding hydrogens is 452 g/mol. The molecule has 0 bridgehead atoms. The highest BCUT2D eigenvalue weighted by atomic mass is 32.2. The molecule has 0 spiro atoms. The van der Waals surface area contributed by atoms with Crippen molar-refractivity contribution in [1.82, 2.24) is 15.0 Å². The molecule has 5 rings (SSSR count). The zero-order chi connectivity index (χ0) is 24.0. The zero-order valence-electron chi connectivity index (χ0n) is 18.8. The van der Waals surface area contributed by atoms with Crippen molar-refractivity contribution in [3.63, 3.8) is 0 Å². The Morgan fingerprint density at radius 1 is 1.15 bits per heavy atom. The summed E-state index contributed by atoms with van der Waals surface area (Å²) in [6.45, 7) is 3.24. The maximum Gasteiger partial charge on any atom is 0.259 e. The minimum Gasteiger partial charge on any atom is -0.396 e. The number of aromatic amines is 1. The minimum absolute atomic E-state index is 0. The molecule has 2 aromatic heterocycles. The van der Waals surface area contributed by atoms with Gasteiger partial charge in [-0.3, -0.25) is 9.69 Å². The predicted octanol–water partition coefficient (Wildman–Crippen LogP) is 4.38. The molecule has 0 aliphatic carbocycles. The molecule has 0 fully saturated rings. The molecule has 3 heterocycles. The lowest BCUT2D eigenvalue weighted by atomic mass is 10.0. The molecule has 0 radical (unpaired) electrons. The number of hydrogen-bond acceptors (Lipinski definition) is 6. The van der Waals surface area contributed by atoms with Gasteiger partial charge >= 0.3 is 0 Å². The third kappa shape index (κ3) is 3.48. The number of hydrogen-bond donors (Lipinski definition) is 2. The first-order valence-electron chi connectivity index (χ1n) is 11.0. The lowest BCUT2D eigenvalue weighted by molar-refractivity contribution is 0.0989. The van der Waals surface area contributed by atoms with Crippen LogP contribution in [0.1, 0.15) is 45.1 Å². The van der Waals surface area contributed by atoms with Gasteiger partial charge in [-0.25, -0.2) is 18.4 Å². The summed E-state index contributed by atoms with van der Waals surface area (Å²) >= 11 is 0. The number of anilines is 1. The van der Waals surface area contributed by atoms with Crippen LogP contribution in [0, 0.1) is 0 Å². The molecule has 1 unspecified atom stereocenters. The monoisotopic (exact) mass is 480 g/mol. The first-order chi connectivity index (χ1) is 16.3. The fourth-order valence-electron chi connectivity index (χ4n) is 4.37. The molecule has 9 heteroatoms. The second-order valence-electron chi connectivity index (χ2n) is 8.53. The van der Waals surface area contributed by atoms with E-state index in [-0.39, 0.29) is 26.3 Å². The Labute approximate surface area is 200 Å². The van der Waals surface area contributed by atoms with E-state index in [0.717, 1.165) is 5.56 Å². The second kappa shape index (κ2) is 8.34. The molecule has 34 heavy (non-hydrogen) atoms. The molecule has 8 nitrogen and oxygen atoms in total. The lowest BCUT2D eigenvalue weighted by Gasteiger charge is -2.24. The van der Waals surface area contributed by atoms with Gasteiger partial charge in [-0.1, -0.05) is 30.3 Å². The number of rotatable bonds is 6. The summed E-state index contributed by atoms with van der Waals surface area (Å²) in [6, 6.07) is 13.7. The summed E-state index contributed by atoms with van der Waals surface area (Å²) in [5.74, 6) is -0.148. The maximum absolute atomic E-state index is 13.3. The van der Waals surface area contributed by atoms with Crippen molar-refractivity contribution in [2.24, 2.45) is 0 Å². The fourth-order valence-corrected chi connectivity index (χ4v) is 5.43. The molecular formula is C25H28N4O4S. The lowest BCUT2D eigenvalue weighted by Crippen LogP contribution is -2.28. The number of carbonyl (C=O) groups is 1. The van der Waals surface area contributed by atoms with Crippen LogP contribution in [0.2, 0.25) is 0 Å². The average molecular weight is 481 g/mol. The van der Waals surface area contributed by atoms with Crippen LogP contribution < -0.4 is 4.90 Å². The van der Waals surface area contributed by atoms with Crippen molar-refractivity contribution < 1.29 is 21.2 Å². The van der Waals surface area contributed by atoms with Crippen LogP contribution in [0.15, 0.2) is 65.8 Å². The van der Waals surface area contributed by atoms with Gasteiger partial charge in [-0.2, -0.15) is 0 Å². The van der Waals surface area contributed by atoms with Gasteiger partial charge in [0, 0.05) is 26.8 Å². The van der Waals surface area contributed by atoms with Crippen LogP contribution in [0.4, 0.5) is 5.69 Å². The zero-order valence-corrected chi connectivity index (χ0v) is 19.6. The van der Waals surface area contributed by atoms with Crippen molar-refractivity contribution >= 4 is 32.6 Å². The molecule has 178 valence electrons. The highest BCUT2D eigenvalue weighted by molar-refractivity contribution is 7.92. The topological polar surface area (TPSA) is 116 Å². The van der Waals surface area contributed by atoms with Crippen LogP contribution in [0.25, 0.3) is 22.4 Å². The summed E-state index contributed by atoms with van der Waals surface area (Å²) in [4.78, 5) is 27.5. The molecule has 1 amide bonds. The van der Waals surface area contributed by atoms with E-state index in [1.54, 1.807) is 61.5 Å². The van der Waals surface area contributed by atoms with Crippen molar-refractivity contribution in [3.05, 3.63) is 72.1 Å². The molecule has 1 aliphatic heterocycles. The van der Waals surface area contributed by atoms with E-state index < -0.39 is 15.1 Å². The quantitative estimate of drug-likeness (QED) is 0.423. The van der Waals surface area contributed by atoms with E-state index in [0.29, 0.717) is 40.1 Å². The summed E-state index contributed by atoms with van der Waals surface area (Å²) < 4.78 is 24.9. The third-order valence-corrected chi connectivity index (χ3v) is 8.37. The molecule has 1 atom stereocenters. The summed E-state index contributed by atoms with van der Waals surface area (Å²) in [7, 11) is -3.37. The van der Waals surface area contributed by atoms with E-state index in [1.807, 2.05) is 18.2 Å². The first-order valence-corrected chi connectivity index (χ1v) is 12.6. The van der Waals surface area contributed by atoms with Gasteiger partial charge in [0.2, 0.25) is 0 Å². The Hall–Kier alpha value is -3.56. The van der Waals surface area contributed by atoms with Gasteiger partial charge in [0.25, 0.3) is 5.91 Å². The SMILES string of the molecule is CC(C)S(=O)(=O)c1ccc(-c2cnc3[nH]cc(N4C(=O)c5ccccc5C4CCO)c3n2)cc1.[HH].[HH]. The van der Waals surface area contributed by atoms with E-state index in [2.05, 4.69) is 9.97 Å². The van der Waals surface area contributed by atoms with Gasteiger partial charge in [0.15, 0.2) is 15.5 Å². The Bertz CT molecular complexity index is 1500.